The van der Waals surface area contributed by atoms with Crippen molar-refractivity contribution in [1.29, 1.82) is 0 Å². The van der Waals surface area contributed by atoms with Crippen LogP contribution in [0.2, 0.25) is 0 Å². The van der Waals surface area contributed by atoms with E-state index in [4.69, 9.17) is 0 Å². The van der Waals surface area contributed by atoms with E-state index < -0.39 is 6.04 Å². The molecule has 7 heteroatoms. The molecule has 2 aromatic rings. The van der Waals surface area contributed by atoms with Gasteiger partial charge < -0.3 is 10.2 Å². The highest BCUT2D eigenvalue weighted by atomic mass is 16.2. The van der Waals surface area contributed by atoms with Gasteiger partial charge in [-0.05, 0) is 44.0 Å². The van der Waals surface area contributed by atoms with Gasteiger partial charge in [0.15, 0.2) is 5.82 Å². The summed E-state index contributed by atoms with van der Waals surface area (Å²) in [5.41, 5.74) is 0.585. The summed E-state index contributed by atoms with van der Waals surface area (Å²) in [6.07, 6.45) is 7.73. The quantitative estimate of drug-likeness (QED) is 0.869. The first-order valence-corrected chi connectivity index (χ1v) is 7.82. The molecule has 0 spiro atoms. The molecule has 0 bridgehead atoms. The molecule has 3 heterocycles. The highest BCUT2D eigenvalue weighted by molar-refractivity contribution is 5.99. The van der Waals surface area contributed by atoms with Crippen molar-refractivity contribution in [3.8, 4) is 5.82 Å². The van der Waals surface area contributed by atoms with Crippen LogP contribution in [0.3, 0.4) is 0 Å². The van der Waals surface area contributed by atoms with Crippen LogP contribution in [-0.2, 0) is 9.59 Å². The lowest BCUT2D eigenvalue weighted by atomic mass is 10.2. The summed E-state index contributed by atoms with van der Waals surface area (Å²) < 4.78 is 1.63. The first-order chi connectivity index (χ1) is 11.6. The van der Waals surface area contributed by atoms with Crippen LogP contribution in [0.15, 0.2) is 49.4 Å². The van der Waals surface area contributed by atoms with Gasteiger partial charge in [-0.25, -0.2) is 9.67 Å². The molecule has 2 atom stereocenters. The number of nitrogens with zero attached hydrogens (tertiary/aromatic N) is 4. The van der Waals surface area contributed by atoms with Crippen molar-refractivity contribution in [3.05, 3.63) is 49.4 Å². The SMILES string of the molecule is C=CC(=O)N1[C@@H](C)CC[C@H]1C(=O)Nc1ccc(-n2cccn2)nc1. The van der Waals surface area contributed by atoms with E-state index in [2.05, 4.69) is 22.0 Å². The molecule has 1 N–H and O–H groups in total. The second kappa shape index (κ2) is 6.66. The van der Waals surface area contributed by atoms with Crippen molar-refractivity contribution in [2.45, 2.75) is 31.8 Å². The minimum Gasteiger partial charge on any atom is -0.324 e. The zero-order chi connectivity index (χ0) is 17.1. The Kier molecular flexibility index (Phi) is 4.41. The molecule has 0 saturated carbocycles. The summed E-state index contributed by atoms with van der Waals surface area (Å²) >= 11 is 0. The normalized spacial score (nSPS) is 20.0. The Labute approximate surface area is 140 Å². The standard InChI is InChI=1S/C17H19N5O2/c1-3-16(23)22-12(2)5-7-14(22)17(24)20-13-6-8-15(18-11-13)21-10-4-9-19-21/h3-4,6,8-12,14H,1,5,7H2,2H3,(H,20,24)/t12-,14-/m0/s1. The zero-order valence-corrected chi connectivity index (χ0v) is 13.4. The fraction of sp³-hybridized carbons (Fsp3) is 0.294. The second-order valence-corrected chi connectivity index (χ2v) is 5.74. The van der Waals surface area contributed by atoms with E-state index in [1.807, 2.05) is 13.0 Å². The van der Waals surface area contributed by atoms with E-state index in [9.17, 15) is 9.59 Å². The Hall–Kier alpha value is -2.96. The minimum absolute atomic E-state index is 0.0339. The van der Waals surface area contributed by atoms with Gasteiger partial charge in [-0.3, -0.25) is 9.59 Å². The Morgan fingerprint density at radius 2 is 2.21 bits per heavy atom. The molecule has 1 aliphatic rings. The molecule has 3 rings (SSSR count). The van der Waals surface area contributed by atoms with E-state index in [0.29, 0.717) is 17.9 Å². The topological polar surface area (TPSA) is 80.1 Å². The molecule has 124 valence electrons. The molecule has 0 aromatic carbocycles. The number of hydrogen-bond donors (Lipinski definition) is 1. The van der Waals surface area contributed by atoms with Crippen molar-refractivity contribution >= 4 is 17.5 Å². The molecular formula is C17H19N5O2. The molecule has 1 saturated heterocycles. The Morgan fingerprint density at radius 1 is 1.38 bits per heavy atom. The van der Waals surface area contributed by atoms with Gasteiger partial charge in [0.2, 0.25) is 11.8 Å². The molecule has 1 aliphatic heterocycles. The van der Waals surface area contributed by atoms with Crippen LogP contribution < -0.4 is 5.32 Å². The molecule has 1 fully saturated rings. The lowest BCUT2D eigenvalue weighted by Gasteiger charge is -2.26. The average Bonchev–Trinajstić information content (AvgIpc) is 3.24. The van der Waals surface area contributed by atoms with Crippen molar-refractivity contribution in [1.82, 2.24) is 19.7 Å². The molecule has 7 nitrogen and oxygen atoms in total. The van der Waals surface area contributed by atoms with Crippen molar-refractivity contribution < 1.29 is 9.59 Å². The Bertz CT molecular complexity index is 739. The maximum atomic E-state index is 12.5. The van der Waals surface area contributed by atoms with Crippen LogP contribution in [0, 0.1) is 0 Å². The van der Waals surface area contributed by atoms with Gasteiger partial charge in [-0.2, -0.15) is 5.10 Å². The van der Waals surface area contributed by atoms with Crippen LogP contribution in [0.5, 0.6) is 0 Å². The van der Waals surface area contributed by atoms with Crippen LogP contribution in [0.1, 0.15) is 19.8 Å². The molecule has 2 amide bonds. The Balaban J connectivity index is 1.70. The van der Waals surface area contributed by atoms with Crippen LogP contribution in [-0.4, -0.2) is 43.6 Å². The zero-order valence-electron chi connectivity index (χ0n) is 13.4. The fourth-order valence-corrected chi connectivity index (χ4v) is 2.94. The number of aromatic nitrogens is 3. The number of anilines is 1. The third kappa shape index (κ3) is 3.05. The van der Waals surface area contributed by atoms with Gasteiger partial charge in [0.1, 0.15) is 6.04 Å². The van der Waals surface area contributed by atoms with Gasteiger partial charge in [0.05, 0.1) is 11.9 Å². The minimum atomic E-state index is -0.476. The van der Waals surface area contributed by atoms with E-state index in [-0.39, 0.29) is 17.9 Å². The lowest BCUT2D eigenvalue weighted by Crippen LogP contribution is -2.45. The number of amides is 2. The maximum Gasteiger partial charge on any atom is 0.247 e. The molecule has 0 aliphatic carbocycles. The predicted octanol–water partition coefficient (Wildman–Crippen LogP) is 1.77. The van der Waals surface area contributed by atoms with Gasteiger partial charge in [-0.1, -0.05) is 6.58 Å². The van der Waals surface area contributed by atoms with Crippen molar-refractivity contribution in [2.75, 3.05) is 5.32 Å². The molecule has 24 heavy (non-hydrogen) atoms. The average molecular weight is 325 g/mol. The van der Waals surface area contributed by atoms with E-state index in [1.54, 1.807) is 40.3 Å². The fourth-order valence-electron chi connectivity index (χ4n) is 2.94. The number of hydrogen-bond acceptors (Lipinski definition) is 4. The summed E-state index contributed by atoms with van der Waals surface area (Å²) in [6.45, 7) is 5.45. The van der Waals surface area contributed by atoms with Crippen molar-refractivity contribution in [3.63, 3.8) is 0 Å². The summed E-state index contributed by atoms with van der Waals surface area (Å²) in [5.74, 6) is 0.242. The number of carbonyl (C=O) groups is 2. The molecule has 2 aromatic heterocycles. The number of rotatable bonds is 4. The summed E-state index contributed by atoms with van der Waals surface area (Å²) in [4.78, 5) is 30.4. The molecular weight excluding hydrogens is 306 g/mol. The lowest BCUT2D eigenvalue weighted by molar-refractivity contribution is -0.134. The van der Waals surface area contributed by atoms with Gasteiger partial charge >= 0.3 is 0 Å². The number of likely N-dealkylation sites (tertiary alicyclic amines) is 1. The summed E-state index contributed by atoms with van der Waals surface area (Å²) in [6, 6.07) is 4.90. The van der Waals surface area contributed by atoms with E-state index in [1.165, 1.54) is 6.08 Å². The first-order valence-electron chi connectivity index (χ1n) is 7.82. The van der Waals surface area contributed by atoms with Gasteiger partial charge in [-0.15, -0.1) is 0 Å². The first kappa shape index (κ1) is 15.9. The van der Waals surface area contributed by atoms with Gasteiger partial charge in [0.25, 0.3) is 0 Å². The number of carbonyl (C=O) groups excluding carboxylic acids is 2. The second-order valence-electron chi connectivity index (χ2n) is 5.74. The highest BCUT2D eigenvalue weighted by Gasteiger charge is 2.37. The maximum absolute atomic E-state index is 12.5. The summed E-state index contributed by atoms with van der Waals surface area (Å²) in [7, 11) is 0. The third-order valence-electron chi connectivity index (χ3n) is 4.15. The predicted molar refractivity (Wildman–Crippen MR) is 89.5 cm³/mol. The van der Waals surface area contributed by atoms with Crippen LogP contribution in [0.25, 0.3) is 5.82 Å². The Morgan fingerprint density at radius 3 is 2.83 bits per heavy atom. The number of pyridine rings is 1. The van der Waals surface area contributed by atoms with Crippen molar-refractivity contribution in [2.24, 2.45) is 0 Å². The molecule has 0 unspecified atom stereocenters. The largest absolute Gasteiger partial charge is 0.324 e. The van der Waals surface area contributed by atoms with E-state index >= 15 is 0 Å². The van der Waals surface area contributed by atoms with Gasteiger partial charge in [0, 0.05) is 18.4 Å². The highest BCUT2D eigenvalue weighted by Crippen LogP contribution is 2.25. The summed E-state index contributed by atoms with van der Waals surface area (Å²) in [5, 5.41) is 6.93. The van der Waals surface area contributed by atoms with Crippen LogP contribution in [0.4, 0.5) is 5.69 Å². The van der Waals surface area contributed by atoms with Crippen LogP contribution >= 0.6 is 0 Å². The third-order valence-corrected chi connectivity index (χ3v) is 4.15. The number of nitrogens with one attached hydrogen (secondary N) is 1. The monoisotopic (exact) mass is 325 g/mol. The smallest absolute Gasteiger partial charge is 0.247 e. The molecule has 0 radical (unpaired) electrons. The van der Waals surface area contributed by atoms with E-state index in [0.717, 1.165) is 6.42 Å².